The molecule has 2 rings (SSSR count). The van der Waals surface area contributed by atoms with Crippen molar-refractivity contribution in [2.24, 2.45) is 0 Å². The zero-order chi connectivity index (χ0) is 13.0. The molecule has 1 aliphatic heterocycles. The van der Waals surface area contributed by atoms with Crippen LogP contribution in [0.3, 0.4) is 0 Å². The lowest BCUT2D eigenvalue weighted by atomic mass is 9.89. The number of hydrogen-bond acceptors (Lipinski definition) is 4. The highest BCUT2D eigenvalue weighted by Crippen LogP contribution is 2.37. The average Bonchev–Trinajstić information content (AvgIpc) is 2.41. The number of ether oxygens (including phenoxy) is 1. The van der Waals surface area contributed by atoms with Gasteiger partial charge >= 0.3 is 5.97 Å². The molecular formula is C14H19NO2S. The first-order valence-electron chi connectivity index (χ1n) is 6.22. The van der Waals surface area contributed by atoms with Gasteiger partial charge in [-0.1, -0.05) is 25.1 Å². The van der Waals surface area contributed by atoms with Crippen molar-refractivity contribution >= 4 is 23.4 Å². The number of esters is 1. The van der Waals surface area contributed by atoms with Crippen LogP contribution in [0.25, 0.3) is 0 Å². The number of carbonyl (C=O) groups is 1. The fraction of sp³-hybridized carbons (Fsp3) is 0.500. The molecule has 1 aromatic rings. The van der Waals surface area contributed by atoms with Crippen LogP contribution in [0, 0.1) is 0 Å². The number of benzene rings is 1. The maximum absolute atomic E-state index is 12.2. The normalized spacial score (nSPS) is 27.6. The molecule has 0 aliphatic carbocycles. The van der Waals surface area contributed by atoms with E-state index in [1.54, 1.807) is 0 Å². The van der Waals surface area contributed by atoms with Gasteiger partial charge in [0.15, 0.2) is 0 Å². The molecule has 98 valence electrons. The number of methoxy groups -OCH3 is 1. The minimum absolute atomic E-state index is 0.161. The molecule has 1 saturated heterocycles. The quantitative estimate of drug-likeness (QED) is 0.853. The van der Waals surface area contributed by atoms with E-state index in [0.29, 0.717) is 0 Å². The van der Waals surface area contributed by atoms with Crippen LogP contribution < -0.4 is 5.32 Å². The van der Waals surface area contributed by atoms with Gasteiger partial charge in [-0.3, -0.25) is 0 Å². The Balaban J connectivity index is 2.27. The van der Waals surface area contributed by atoms with Crippen LogP contribution in [0.1, 0.15) is 19.8 Å². The van der Waals surface area contributed by atoms with Gasteiger partial charge < -0.3 is 10.1 Å². The number of carbonyl (C=O) groups excluding carboxylic acids is 1. The maximum Gasteiger partial charge on any atom is 0.332 e. The summed E-state index contributed by atoms with van der Waals surface area (Å²) in [6, 6.07) is 9.87. The van der Waals surface area contributed by atoms with Crippen molar-refractivity contribution in [1.82, 2.24) is 0 Å². The second-order valence-electron chi connectivity index (χ2n) is 4.57. The van der Waals surface area contributed by atoms with Gasteiger partial charge in [0.05, 0.1) is 7.11 Å². The molecule has 2 unspecified atom stereocenters. The minimum Gasteiger partial charge on any atom is -0.467 e. The fourth-order valence-electron chi connectivity index (χ4n) is 2.40. The van der Waals surface area contributed by atoms with Gasteiger partial charge in [-0.25, -0.2) is 4.79 Å². The lowest BCUT2D eigenvalue weighted by Gasteiger charge is -2.40. The Hall–Kier alpha value is -1.16. The third kappa shape index (κ3) is 2.48. The Labute approximate surface area is 112 Å². The largest absolute Gasteiger partial charge is 0.467 e. The summed E-state index contributed by atoms with van der Waals surface area (Å²) < 4.78 is 5.02. The average molecular weight is 265 g/mol. The Morgan fingerprint density at radius 2 is 2.17 bits per heavy atom. The standard InChI is InChI=1S/C14H19NO2S/c1-11-14(13(16)17-2,9-6-10-18-11)15-12-7-4-3-5-8-12/h3-5,7-8,11,15H,6,9-10H2,1-2H3. The van der Waals surface area contributed by atoms with E-state index in [1.807, 2.05) is 42.1 Å². The number of rotatable bonds is 3. The number of anilines is 1. The van der Waals surface area contributed by atoms with Gasteiger partial charge in [-0.05, 0) is 30.7 Å². The fourth-order valence-corrected chi connectivity index (χ4v) is 3.62. The highest BCUT2D eigenvalue weighted by atomic mass is 32.2. The number of nitrogens with one attached hydrogen (secondary N) is 1. The molecule has 0 bridgehead atoms. The van der Waals surface area contributed by atoms with Crippen LogP contribution >= 0.6 is 11.8 Å². The van der Waals surface area contributed by atoms with E-state index in [4.69, 9.17) is 4.74 Å². The second kappa shape index (κ2) is 5.65. The molecular weight excluding hydrogens is 246 g/mol. The predicted molar refractivity (Wildman–Crippen MR) is 76.0 cm³/mol. The molecule has 0 spiro atoms. The number of thioether (sulfide) groups is 1. The Kier molecular flexibility index (Phi) is 4.17. The number of hydrogen-bond donors (Lipinski definition) is 1. The first-order chi connectivity index (χ1) is 8.69. The molecule has 4 heteroatoms. The molecule has 2 atom stereocenters. The lowest BCUT2D eigenvalue weighted by molar-refractivity contribution is -0.146. The summed E-state index contributed by atoms with van der Waals surface area (Å²) in [7, 11) is 1.46. The summed E-state index contributed by atoms with van der Waals surface area (Å²) in [5, 5.41) is 3.61. The summed E-state index contributed by atoms with van der Waals surface area (Å²) in [5.41, 5.74) is 0.371. The van der Waals surface area contributed by atoms with Crippen LogP contribution in [-0.2, 0) is 9.53 Å². The van der Waals surface area contributed by atoms with Crippen molar-refractivity contribution in [2.75, 3.05) is 18.2 Å². The predicted octanol–water partition coefficient (Wildman–Crippen LogP) is 2.93. The van der Waals surface area contributed by atoms with E-state index in [9.17, 15) is 4.79 Å². The van der Waals surface area contributed by atoms with Crippen LogP contribution in [-0.4, -0.2) is 29.6 Å². The molecule has 3 nitrogen and oxygen atoms in total. The SMILES string of the molecule is COC(=O)C1(Nc2ccccc2)CCCSC1C. The van der Waals surface area contributed by atoms with Crippen LogP contribution in [0.4, 0.5) is 5.69 Å². The highest BCUT2D eigenvalue weighted by molar-refractivity contribution is 8.00. The Morgan fingerprint density at radius 3 is 2.78 bits per heavy atom. The molecule has 1 aromatic carbocycles. The third-order valence-corrected chi connectivity index (χ3v) is 4.89. The monoisotopic (exact) mass is 265 g/mol. The first kappa shape index (κ1) is 13.3. The highest BCUT2D eigenvalue weighted by Gasteiger charge is 2.46. The van der Waals surface area contributed by atoms with Gasteiger partial charge in [0.1, 0.15) is 5.54 Å². The summed E-state index contributed by atoms with van der Waals surface area (Å²) in [5.74, 6) is 0.946. The Bertz CT molecular complexity index is 410. The van der Waals surface area contributed by atoms with E-state index < -0.39 is 5.54 Å². The smallest absolute Gasteiger partial charge is 0.332 e. The molecule has 0 aromatic heterocycles. The van der Waals surface area contributed by atoms with Crippen molar-refractivity contribution in [1.29, 1.82) is 0 Å². The summed E-state index contributed by atoms with van der Waals surface area (Å²) in [4.78, 5) is 12.2. The zero-order valence-electron chi connectivity index (χ0n) is 10.8. The van der Waals surface area contributed by atoms with Gasteiger partial charge in [-0.15, -0.1) is 0 Å². The Morgan fingerprint density at radius 1 is 1.44 bits per heavy atom. The van der Waals surface area contributed by atoms with Crippen LogP contribution in [0.15, 0.2) is 30.3 Å². The lowest BCUT2D eigenvalue weighted by Crippen LogP contribution is -2.55. The van der Waals surface area contributed by atoms with Crippen molar-refractivity contribution in [3.63, 3.8) is 0 Å². The molecule has 1 fully saturated rings. The third-order valence-electron chi connectivity index (χ3n) is 3.47. The van der Waals surface area contributed by atoms with E-state index >= 15 is 0 Å². The van der Waals surface area contributed by atoms with Crippen molar-refractivity contribution in [3.8, 4) is 0 Å². The molecule has 0 amide bonds. The van der Waals surface area contributed by atoms with E-state index in [2.05, 4.69) is 12.2 Å². The van der Waals surface area contributed by atoms with E-state index in [0.717, 1.165) is 24.3 Å². The van der Waals surface area contributed by atoms with Gasteiger partial charge in [0.25, 0.3) is 0 Å². The summed E-state index contributed by atoms with van der Waals surface area (Å²) in [6.45, 7) is 2.09. The molecule has 0 radical (unpaired) electrons. The van der Waals surface area contributed by atoms with Gasteiger partial charge in [0, 0.05) is 10.9 Å². The van der Waals surface area contributed by atoms with Crippen LogP contribution in [0.2, 0.25) is 0 Å². The molecule has 1 N–H and O–H groups in total. The summed E-state index contributed by atoms with van der Waals surface area (Å²) >= 11 is 1.82. The van der Waals surface area contributed by atoms with Gasteiger partial charge in [0.2, 0.25) is 0 Å². The molecule has 0 saturated carbocycles. The van der Waals surface area contributed by atoms with E-state index in [-0.39, 0.29) is 11.2 Å². The number of para-hydroxylation sites is 1. The second-order valence-corrected chi connectivity index (χ2v) is 6.02. The van der Waals surface area contributed by atoms with Gasteiger partial charge in [-0.2, -0.15) is 11.8 Å². The van der Waals surface area contributed by atoms with Crippen molar-refractivity contribution in [2.45, 2.75) is 30.6 Å². The first-order valence-corrected chi connectivity index (χ1v) is 7.27. The zero-order valence-corrected chi connectivity index (χ0v) is 11.6. The molecule has 1 heterocycles. The minimum atomic E-state index is -0.598. The molecule has 1 aliphatic rings. The van der Waals surface area contributed by atoms with Crippen molar-refractivity contribution in [3.05, 3.63) is 30.3 Å². The maximum atomic E-state index is 12.2. The molecule has 18 heavy (non-hydrogen) atoms. The summed E-state index contributed by atoms with van der Waals surface area (Å²) in [6.07, 6.45) is 1.85. The van der Waals surface area contributed by atoms with Crippen LogP contribution in [0.5, 0.6) is 0 Å². The van der Waals surface area contributed by atoms with E-state index in [1.165, 1.54) is 7.11 Å². The van der Waals surface area contributed by atoms with Crippen molar-refractivity contribution < 1.29 is 9.53 Å². The topological polar surface area (TPSA) is 38.3 Å².